The van der Waals surface area contributed by atoms with Crippen LogP contribution in [0.15, 0.2) is 24.3 Å². The average molecular weight is 231 g/mol. The van der Waals surface area contributed by atoms with Crippen LogP contribution in [0.2, 0.25) is 0 Å². The summed E-state index contributed by atoms with van der Waals surface area (Å²) in [6.45, 7) is 0.906. The summed E-state index contributed by atoms with van der Waals surface area (Å²) in [4.78, 5) is 13.3. The summed E-state index contributed by atoms with van der Waals surface area (Å²) in [5.41, 5.74) is 6.88. The van der Waals surface area contributed by atoms with Crippen molar-refractivity contribution in [3.05, 3.63) is 29.8 Å². The molecule has 5 heteroatoms. The van der Waals surface area contributed by atoms with Crippen LogP contribution in [0.3, 0.4) is 0 Å². The number of hydrogen-bond donors (Lipinski definition) is 1. The number of carbonyl (C=O) groups excluding carboxylic acids is 1. The second kappa shape index (κ2) is 4.95. The Hall–Kier alpha value is -1.90. The van der Waals surface area contributed by atoms with Crippen molar-refractivity contribution in [2.45, 2.75) is 6.10 Å². The zero-order chi connectivity index (χ0) is 12.3. The number of hydrogen-bond acceptors (Lipinski definition) is 4. The normalized spacial score (nSPS) is 20.1. The van der Waals surface area contributed by atoms with Crippen molar-refractivity contribution in [2.75, 3.05) is 24.6 Å². The molecule has 1 aromatic rings. The van der Waals surface area contributed by atoms with E-state index in [9.17, 15) is 4.79 Å². The van der Waals surface area contributed by atoms with Crippen LogP contribution in [-0.4, -0.2) is 31.7 Å². The predicted octanol–water partition coefficient (Wildman–Crippen LogP) is 0.249. The molecule has 1 aliphatic rings. The molecule has 17 heavy (non-hydrogen) atoms. The molecule has 1 aliphatic heterocycles. The molecule has 1 amide bonds. The summed E-state index contributed by atoms with van der Waals surface area (Å²) in [5.74, 6) is -0.0839. The molecule has 1 fully saturated rings. The van der Waals surface area contributed by atoms with Gasteiger partial charge in [0.1, 0.15) is 6.61 Å². The lowest BCUT2D eigenvalue weighted by Crippen LogP contribution is -2.49. The van der Waals surface area contributed by atoms with E-state index in [1.54, 1.807) is 29.2 Å². The first-order chi connectivity index (χ1) is 8.24. The molecule has 1 saturated heterocycles. The van der Waals surface area contributed by atoms with Gasteiger partial charge in [-0.2, -0.15) is 5.26 Å². The Bertz CT molecular complexity index is 450. The van der Waals surface area contributed by atoms with Gasteiger partial charge in [-0.3, -0.25) is 4.79 Å². The zero-order valence-electron chi connectivity index (χ0n) is 9.30. The third kappa shape index (κ3) is 2.44. The van der Waals surface area contributed by atoms with Gasteiger partial charge in [0.05, 0.1) is 24.3 Å². The Kier molecular flexibility index (Phi) is 3.38. The summed E-state index contributed by atoms with van der Waals surface area (Å²) in [6, 6.07) is 8.94. The van der Waals surface area contributed by atoms with E-state index >= 15 is 0 Å². The zero-order valence-corrected chi connectivity index (χ0v) is 9.30. The fourth-order valence-corrected chi connectivity index (χ4v) is 1.73. The first kappa shape index (κ1) is 11.6. The van der Waals surface area contributed by atoms with Crippen LogP contribution in [-0.2, 0) is 9.53 Å². The van der Waals surface area contributed by atoms with Gasteiger partial charge in [-0.15, -0.1) is 0 Å². The number of nitrogens with zero attached hydrogens (tertiary/aromatic N) is 2. The number of amides is 1. The van der Waals surface area contributed by atoms with Crippen molar-refractivity contribution in [1.29, 1.82) is 5.26 Å². The Balaban J connectivity index is 2.19. The van der Waals surface area contributed by atoms with Gasteiger partial charge >= 0.3 is 0 Å². The molecule has 88 valence electrons. The highest BCUT2D eigenvalue weighted by atomic mass is 16.5. The maximum absolute atomic E-state index is 11.7. The number of rotatable bonds is 2. The van der Waals surface area contributed by atoms with Gasteiger partial charge in [-0.1, -0.05) is 0 Å². The summed E-state index contributed by atoms with van der Waals surface area (Å²) >= 11 is 0. The van der Waals surface area contributed by atoms with Crippen LogP contribution in [0.25, 0.3) is 0 Å². The van der Waals surface area contributed by atoms with Gasteiger partial charge in [0.15, 0.2) is 0 Å². The van der Waals surface area contributed by atoms with Gasteiger partial charge < -0.3 is 15.4 Å². The minimum absolute atomic E-state index is 0.0574. The Labute approximate surface area is 99.4 Å². The van der Waals surface area contributed by atoms with Crippen molar-refractivity contribution in [1.82, 2.24) is 0 Å². The standard InChI is InChI=1S/C12H13N3O2/c13-5-9-1-3-10(4-2-9)15-7-11(6-14)17-8-12(15)16/h1-4,11H,6-8,14H2. The number of nitriles is 1. The molecule has 1 aromatic carbocycles. The van der Waals surface area contributed by atoms with E-state index in [4.69, 9.17) is 15.7 Å². The maximum Gasteiger partial charge on any atom is 0.253 e. The minimum atomic E-state index is -0.122. The van der Waals surface area contributed by atoms with E-state index < -0.39 is 0 Å². The lowest BCUT2D eigenvalue weighted by Gasteiger charge is -2.32. The van der Waals surface area contributed by atoms with E-state index in [1.165, 1.54) is 0 Å². The smallest absolute Gasteiger partial charge is 0.253 e. The van der Waals surface area contributed by atoms with E-state index in [2.05, 4.69) is 0 Å². The monoisotopic (exact) mass is 231 g/mol. The minimum Gasteiger partial charge on any atom is -0.365 e. The molecule has 0 saturated carbocycles. The number of benzene rings is 1. The van der Waals surface area contributed by atoms with Gasteiger partial charge in [-0.05, 0) is 24.3 Å². The molecule has 0 spiro atoms. The van der Waals surface area contributed by atoms with Crippen LogP contribution in [0.5, 0.6) is 0 Å². The Morgan fingerprint density at radius 1 is 1.47 bits per heavy atom. The van der Waals surface area contributed by atoms with Gasteiger partial charge in [-0.25, -0.2) is 0 Å². The fraction of sp³-hybridized carbons (Fsp3) is 0.333. The van der Waals surface area contributed by atoms with E-state index in [-0.39, 0.29) is 18.6 Å². The second-order valence-electron chi connectivity index (χ2n) is 3.83. The SMILES string of the molecule is N#Cc1ccc(N2CC(CN)OCC2=O)cc1. The lowest BCUT2D eigenvalue weighted by molar-refractivity contribution is -0.128. The van der Waals surface area contributed by atoms with Crippen molar-refractivity contribution in [3.8, 4) is 6.07 Å². The van der Waals surface area contributed by atoms with Crippen molar-refractivity contribution >= 4 is 11.6 Å². The highest BCUT2D eigenvalue weighted by molar-refractivity contribution is 5.95. The lowest BCUT2D eigenvalue weighted by atomic mass is 10.2. The second-order valence-corrected chi connectivity index (χ2v) is 3.83. The van der Waals surface area contributed by atoms with E-state index in [0.29, 0.717) is 18.7 Å². The van der Waals surface area contributed by atoms with Gasteiger partial charge in [0, 0.05) is 12.2 Å². The fourth-order valence-electron chi connectivity index (χ4n) is 1.73. The molecule has 0 bridgehead atoms. The van der Waals surface area contributed by atoms with Gasteiger partial charge in [0.25, 0.3) is 5.91 Å². The first-order valence-electron chi connectivity index (χ1n) is 5.37. The molecule has 0 aromatic heterocycles. The predicted molar refractivity (Wildman–Crippen MR) is 62.3 cm³/mol. The van der Waals surface area contributed by atoms with Crippen LogP contribution in [0.4, 0.5) is 5.69 Å². The van der Waals surface area contributed by atoms with Crippen molar-refractivity contribution < 1.29 is 9.53 Å². The Morgan fingerprint density at radius 3 is 2.76 bits per heavy atom. The van der Waals surface area contributed by atoms with E-state index in [0.717, 1.165) is 5.69 Å². The highest BCUT2D eigenvalue weighted by Gasteiger charge is 2.26. The van der Waals surface area contributed by atoms with E-state index in [1.807, 2.05) is 6.07 Å². The van der Waals surface area contributed by atoms with Gasteiger partial charge in [0.2, 0.25) is 0 Å². The third-order valence-electron chi connectivity index (χ3n) is 2.70. The van der Waals surface area contributed by atoms with Crippen molar-refractivity contribution in [2.24, 2.45) is 5.73 Å². The summed E-state index contributed by atoms with van der Waals surface area (Å²) in [6.07, 6.45) is -0.122. The number of nitrogens with two attached hydrogens (primary N) is 1. The largest absolute Gasteiger partial charge is 0.365 e. The van der Waals surface area contributed by atoms with Crippen molar-refractivity contribution in [3.63, 3.8) is 0 Å². The molecule has 5 nitrogen and oxygen atoms in total. The third-order valence-corrected chi connectivity index (χ3v) is 2.70. The number of morpholine rings is 1. The molecule has 2 rings (SSSR count). The van der Waals surface area contributed by atoms with Crippen LogP contribution >= 0.6 is 0 Å². The molecule has 1 unspecified atom stereocenters. The summed E-state index contributed by atoms with van der Waals surface area (Å²) < 4.78 is 5.27. The van der Waals surface area contributed by atoms with Crippen LogP contribution in [0.1, 0.15) is 5.56 Å². The summed E-state index contributed by atoms with van der Waals surface area (Å²) in [7, 11) is 0. The highest BCUT2D eigenvalue weighted by Crippen LogP contribution is 2.18. The molecular weight excluding hydrogens is 218 g/mol. The number of anilines is 1. The first-order valence-corrected chi connectivity index (χ1v) is 5.37. The average Bonchev–Trinajstić information content (AvgIpc) is 2.39. The topological polar surface area (TPSA) is 79.3 Å². The number of ether oxygens (including phenoxy) is 1. The molecule has 2 N–H and O–H groups in total. The maximum atomic E-state index is 11.7. The molecule has 0 radical (unpaired) electrons. The molecule has 0 aliphatic carbocycles. The number of carbonyl (C=O) groups is 1. The summed E-state index contributed by atoms with van der Waals surface area (Å²) in [5, 5.41) is 8.70. The molecule has 1 atom stereocenters. The molecule has 1 heterocycles. The van der Waals surface area contributed by atoms with Crippen LogP contribution < -0.4 is 10.6 Å². The molecular formula is C12H13N3O2. The quantitative estimate of drug-likeness (QED) is 0.791. The Morgan fingerprint density at radius 2 is 2.18 bits per heavy atom. The van der Waals surface area contributed by atoms with Crippen LogP contribution in [0, 0.1) is 11.3 Å².